The minimum atomic E-state index is -0.250. The van der Waals surface area contributed by atoms with Gasteiger partial charge >= 0.3 is 0 Å². The molecule has 0 saturated heterocycles. The Morgan fingerprint density at radius 3 is 2.27 bits per heavy atom. The number of nitrogens with zero attached hydrogens (tertiary/aromatic N) is 1. The molecule has 0 spiro atoms. The lowest BCUT2D eigenvalue weighted by Crippen LogP contribution is -2.23. The van der Waals surface area contributed by atoms with Crippen LogP contribution in [-0.2, 0) is 4.79 Å². The van der Waals surface area contributed by atoms with Crippen LogP contribution in [0.4, 0.5) is 5.69 Å². The zero-order valence-electron chi connectivity index (χ0n) is 12.9. The number of allylic oxidation sites excluding steroid dienone is 1. The van der Waals surface area contributed by atoms with E-state index in [0.717, 1.165) is 5.70 Å². The lowest BCUT2D eigenvalue weighted by molar-refractivity contribution is -0.122. The molecule has 2 rings (SSSR count). The first-order valence-electron chi connectivity index (χ1n) is 6.66. The molecule has 0 unspecified atom stereocenters. The van der Waals surface area contributed by atoms with Gasteiger partial charge in [-0.3, -0.25) is 15.1 Å². The second-order valence-electron chi connectivity index (χ2n) is 4.44. The van der Waals surface area contributed by atoms with Crippen LogP contribution in [0, 0.1) is 5.41 Å². The smallest absolute Gasteiger partial charge is 0.290 e. The number of amidine groups is 1. The maximum atomic E-state index is 9.53. The van der Waals surface area contributed by atoms with Gasteiger partial charge in [-0.05, 0) is 25.1 Å². The molecule has 3 N–H and O–H groups in total. The minimum Gasteiger partial charge on any atom is -0.506 e. The van der Waals surface area contributed by atoms with E-state index in [9.17, 15) is 5.11 Å². The van der Waals surface area contributed by atoms with Crippen LogP contribution >= 0.6 is 11.6 Å². The van der Waals surface area contributed by atoms with Crippen molar-refractivity contribution in [1.29, 1.82) is 5.41 Å². The monoisotopic (exact) mass is 324 g/mol. The van der Waals surface area contributed by atoms with Gasteiger partial charge in [0.05, 0.1) is 10.7 Å². The second-order valence-corrected chi connectivity index (χ2v) is 4.85. The van der Waals surface area contributed by atoms with Crippen LogP contribution in [0.3, 0.4) is 0 Å². The molecule has 1 aliphatic heterocycles. The molecule has 1 aromatic carbocycles. The highest BCUT2D eigenvalue weighted by Gasteiger charge is 2.22. The molecule has 0 radical (unpaired) electrons. The molecule has 0 aliphatic carbocycles. The number of benzene rings is 1. The number of nitrogens with one attached hydrogen (secondary N) is 1. The number of hydrogen-bond acceptors (Lipinski definition) is 3. The van der Waals surface area contributed by atoms with Crippen LogP contribution in [0.1, 0.15) is 27.2 Å². The maximum Gasteiger partial charge on any atom is 0.290 e. The Labute approximate surface area is 135 Å². The summed E-state index contributed by atoms with van der Waals surface area (Å²) in [5.41, 5.74) is 2.27. The van der Waals surface area contributed by atoms with Crippen molar-refractivity contribution in [1.82, 2.24) is 0 Å². The van der Waals surface area contributed by atoms with Gasteiger partial charge in [-0.15, -0.1) is 0 Å². The van der Waals surface area contributed by atoms with Gasteiger partial charge in [0.25, 0.3) is 6.47 Å². The van der Waals surface area contributed by atoms with Crippen molar-refractivity contribution in [2.45, 2.75) is 27.2 Å². The molecule has 5 nitrogen and oxygen atoms in total. The first-order valence-corrected chi connectivity index (χ1v) is 7.04. The van der Waals surface area contributed by atoms with Crippen LogP contribution in [-0.4, -0.2) is 22.5 Å². The minimum absolute atomic E-state index is 0.0114. The van der Waals surface area contributed by atoms with E-state index in [-0.39, 0.29) is 12.2 Å². The summed E-state index contributed by atoms with van der Waals surface area (Å²) < 4.78 is 0. The van der Waals surface area contributed by atoms with Gasteiger partial charge in [0, 0.05) is 17.3 Å². The average molecular weight is 325 g/mol. The van der Waals surface area contributed by atoms with E-state index in [2.05, 4.69) is 20.4 Å². The van der Waals surface area contributed by atoms with E-state index in [1.54, 1.807) is 17.0 Å². The molecule has 1 heterocycles. The largest absolute Gasteiger partial charge is 0.506 e. The van der Waals surface area contributed by atoms with E-state index < -0.39 is 0 Å². The fourth-order valence-corrected chi connectivity index (χ4v) is 1.80. The topological polar surface area (TPSA) is 84.6 Å². The van der Waals surface area contributed by atoms with E-state index >= 15 is 0 Å². The van der Waals surface area contributed by atoms with Gasteiger partial charge in [-0.1, -0.05) is 38.4 Å². The van der Waals surface area contributed by atoms with Crippen molar-refractivity contribution in [3.8, 4) is 5.75 Å². The Morgan fingerprint density at radius 2 is 1.91 bits per heavy atom. The average Bonchev–Trinajstić information content (AvgIpc) is 2.69. The van der Waals surface area contributed by atoms with Gasteiger partial charge in [-0.2, -0.15) is 0 Å². The predicted molar refractivity (Wildman–Crippen MR) is 90.9 cm³/mol. The van der Waals surface area contributed by atoms with Crippen LogP contribution in [0.25, 0.3) is 0 Å². The number of carboxylic acid groups (broad SMARTS) is 1. The summed E-state index contributed by atoms with van der Waals surface area (Å²) >= 11 is 5.73. The van der Waals surface area contributed by atoms with E-state index in [4.69, 9.17) is 26.9 Å². The Morgan fingerprint density at radius 1 is 1.41 bits per heavy atom. The fraction of sp³-hybridized carbons (Fsp3) is 0.250. The Bertz CT molecular complexity index is 583. The van der Waals surface area contributed by atoms with E-state index in [1.165, 1.54) is 12.5 Å². The van der Waals surface area contributed by atoms with Crippen molar-refractivity contribution < 1.29 is 15.0 Å². The summed E-state index contributed by atoms with van der Waals surface area (Å²) in [6, 6.07) is 4.90. The highest BCUT2D eigenvalue weighted by molar-refractivity contribution is 6.32. The fourth-order valence-electron chi connectivity index (χ4n) is 1.68. The lowest BCUT2D eigenvalue weighted by Gasteiger charge is -2.20. The van der Waals surface area contributed by atoms with Gasteiger partial charge in [0.1, 0.15) is 11.6 Å². The summed E-state index contributed by atoms with van der Waals surface area (Å²) in [5, 5.41) is 24.6. The molecule has 1 aliphatic rings. The summed E-state index contributed by atoms with van der Waals surface area (Å²) in [6.07, 6.45) is 3.08. The molecule has 1 aromatic rings. The summed E-state index contributed by atoms with van der Waals surface area (Å²) in [4.78, 5) is 10.1. The quantitative estimate of drug-likeness (QED) is 0.667. The number of anilines is 1. The first kappa shape index (κ1) is 19.7. The highest BCUT2D eigenvalue weighted by atomic mass is 35.5. The molecule has 120 valence electrons. The maximum absolute atomic E-state index is 9.53. The van der Waals surface area contributed by atoms with Crippen LogP contribution < -0.4 is 4.90 Å². The van der Waals surface area contributed by atoms with Crippen molar-refractivity contribution >= 4 is 29.6 Å². The third-order valence-electron chi connectivity index (χ3n) is 2.45. The molecule has 0 bridgehead atoms. The molecule has 0 fully saturated rings. The normalized spacial score (nSPS) is 12.7. The standard InChI is InChI=1S/C12H11ClN2O.C3H8.CH2O2/c1-7-5-8(2)15(12(7)14)9-3-4-10(13)11(16)6-9;1-3-2;2-1-3/h3-6,14,16H,1H2,2H3;3H2,1-2H3;1H,(H,2,3). The highest BCUT2D eigenvalue weighted by Crippen LogP contribution is 2.33. The Hall–Kier alpha value is -2.27. The number of aromatic hydroxyl groups is 1. The van der Waals surface area contributed by atoms with Gasteiger partial charge in [0.2, 0.25) is 0 Å². The third kappa shape index (κ3) is 5.26. The van der Waals surface area contributed by atoms with Crippen molar-refractivity contribution in [3.05, 3.63) is 47.1 Å². The molecular formula is C16H21ClN2O3. The number of carbonyl (C=O) groups is 1. The number of rotatable bonds is 1. The van der Waals surface area contributed by atoms with Crippen LogP contribution in [0.2, 0.25) is 5.02 Å². The number of phenolic OH excluding ortho intramolecular Hbond substituents is 1. The van der Waals surface area contributed by atoms with Gasteiger partial charge in [-0.25, -0.2) is 0 Å². The number of phenols is 1. The molecular weight excluding hydrogens is 304 g/mol. The molecule has 0 aromatic heterocycles. The number of hydrogen-bond donors (Lipinski definition) is 3. The second kappa shape index (κ2) is 9.63. The predicted octanol–water partition coefficient (Wildman–Crippen LogP) is 4.42. The summed E-state index contributed by atoms with van der Waals surface area (Å²) in [5.74, 6) is 0.330. The first-order chi connectivity index (χ1) is 10.3. The van der Waals surface area contributed by atoms with E-state index in [0.29, 0.717) is 22.1 Å². The van der Waals surface area contributed by atoms with E-state index in [1.807, 2.05) is 13.0 Å². The molecule has 0 saturated carbocycles. The SMILES string of the molecule is C=C1C=C(C)N(c2ccc(Cl)c(O)c2)C1=N.CCC.O=CO. The Kier molecular flexibility index (Phi) is 8.63. The summed E-state index contributed by atoms with van der Waals surface area (Å²) in [6.45, 7) is 9.66. The lowest BCUT2D eigenvalue weighted by atomic mass is 10.2. The molecule has 6 heteroatoms. The Balaban J connectivity index is 0.000000639. The van der Waals surface area contributed by atoms with Crippen LogP contribution in [0.15, 0.2) is 42.1 Å². The molecule has 22 heavy (non-hydrogen) atoms. The third-order valence-corrected chi connectivity index (χ3v) is 2.77. The summed E-state index contributed by atoms with van der Waals surface area (Å²) in [7, 11) is 0. The zero-order valence-corrected chi connectivity index (χ0v) is 13.7. The van der Waals surface area contributed by atoms with Crippen LogP contribution in [0.5, 0.6) is 5.75 Å². The zero-order chi connectivity index (χ0) is 17.3. The molecule has 0 amide bonds. The van der Waals surface area contributed by atoms with Crippen molar-refractivity contribution in [2.75, 3.05) is 4.90 Å². The van der Waals surface area contributed by atoms with Crippen molar-refractivity contribution in [3.63, 3.8) is 0 Å². The number of halogens is 1. The molecule has 0 atom stereocenters. The van der Waals surface area contributed by atoms with Crippen molar-refractivity contribution in [2.24, 2.45) is 0 Å². The van der Waals surface area contributed by atoms with Gasteiger partial charge in [0.15, 0.2) is 0 Å². The van der Waals surface area contributed by atoms with Gasteiger partial charge < -0.3 is 10.2 Å².